The van der Waals surface area contributed by atoms with Gasteiger partial charge in [0.05, 0.1) is 10.2 Å². The molecule has 0 aromatic heterocycles. The molecule has 3 heteroatoms. The lowest BCUT2D eigenvalue weighted by molar-refractivity contribution is -0.137. The largest absolute Gasteiger partial charge is 0.462 e. The molecule has 14 heavy (non-hydrogen) atoms. The number of carbonyl (C=O) groups excluding carboxylic acids is 1. The van der Waals surface area contributed by atoms with E-state index < -0.39 is 0 Å². The van der Waals surface area contributed by atoms with Gasteiger partial charge in [-0.1, -0.05) is 30.3 Å². The van der Waals surface area contributed by atoms with Gasteiger partial charge >= 0.3 is 5.97 Å². The monoisotopic (exact) mass is 302 g/mol. The highest BCUT2D eigenvalue weighted by Gasteiger charge is 2.05. The summed E-state index contributed by atoms with van der Waals surface area (Å²) in [5.74, 6) is -0.267. The first-order valence-corrected chi connectivity index (χ1v) is 5.41. The minimum Gasteiger partial charge on any atom is -0.462 e. The van der Waals surface area contributed by atoms with E-state index in [1.807, 2.05) is 52.9 Å². The molecule has 0 aliphatic carbocycles. The van der Waals surface area contributed by atoms with Gasteiger partial charge in [-0.2, -0.15) is 0 Å². The fourth-order valence-corrected chi connectivity index (χ4v) is 1.47. The molecule has 0 saturated heterocycles. The summed E-state index contributed by atoms with van der Waals surface area (Å²) >= 11 is 1.98. The maximum Gasteiger partial charge on any atom is 0.344 e. The molecule has 2 nitrogen and oxygen atoms in total. The van der Waals surface area contributed by atoms with Crippen molar-refractivity contribution in [2.45, 2.75) is 6.92 Å². The Kier molecular flexibility index (Phi) is 4.65. The van der Waals surface area contributed by atoms with E-state index in [2.05, 4.69) is 0 Å². The summed E-state index contributed by atoms with van der Waals surface area (Å²) in [4.78, 5) is 11.2. The molecular formula is C11H11IO2. The molecule has 0 atom stereocenters. The number of hydrogen-bond acceptors (Lipinski definition) is 2. The number of rotatable bonds is 3. The Labute approximate surface area is 97.1 Å². The summed E-state index contributed by atoms with van der Waals surface area (Å²) in [5.41, 5.74) is 1.00. The van der Waals surface area contributed by atoms with Crippen LogP contribution in [0.1, 0.15) is 12.5 Å². The van der Waals surface area contributed by atoms with Gasteiger partial charge in [-0.25, -0.2) is 4.79 Å². The van der Waals surface area contributed by atoms with Crippen LogP contribution in [-0.2, 0) is 9.53 Å². The van der Waals surface area contributed by atoms with Gasteiger partial charge in [0.15, 0.2) is 0 Å². The van der Waals surface area contributed by atoms with Crippen LogP contribution in [0.25, 0.3) is 6.08 Å². The standard InChI is InChI=1S/C11H11IO2/c1-2-14-11(13)10(12)8-9-6-4-3-5-7-9/h3-8H,2H2,1H3/b10-8-. The van der Waals surface area contributed by atoms with E-state index in [1.165, 1.54) is 0 Å². The maximum absolute atomic E-state index is 11.2. The van der Waals surface area contributed by atoms with E-state index >= 15 is 0 Å². The van der Waals surface area contributed by atoms with Gasteiger partial charge < -0.3 is 4.74 Å². The van der Waals surface area contributed by atoms with Gasteiger partial charge in [0.25, 0.3) is 0 Å². The van der Waals surface area contributed by atoms with Gasteiger partial charge in [0, 0.05) is 0 Å². The van der Waals surface area contributed by atoms with Crippen molar-refractivity contribution in [1.29, 1.82) is 0 Å². The fraction of sp³-hybridized carbons (Fsp3) is 0.182. The predicted molar refractivity (Wildman–Crippen MR) is 65.1 cm³/mol. The molecule has 1 rings (SSSR count). The van der Waals surface area contributed by atoms with Crippen molar-refractivity contribution in [1.82, 2.24) is 0 Å². The highest BCUT2D eigenvalue weighted by Crippen LogP contribution is 2.14. The number of esters is 1. The number of benzene rings is 1. The molecule has 0 N–H and O–H groups in total. The van der Waals surface area contributed by atoms with Gasteiger partial charge in [-0.05, 0) is 41.2 Å². The molecule has 0 aliphatic rings. The van der Waals surface area contributed by atoms with Crippen LogP contribution < -0.4 is 0 Å². The Bertz CT molecular complexity index is 330. The van der Waals surface area contributed by atoms with Crippen LogP contribution in [-0.4, -0.2) is 12.6 Å². The summed E-state index contributed by atoms with van der Waals surface area (Å²) in [6.07, 6.45) is 1.80. The van der Waals surface area contributed by atoms with E-state index in [-0.39, 0.29) is 5.97 Å². The van der Waals surface area contributed by atoms with Gasteiger partial charge in [-0.15, -0.1) is 0 Å². The molecule has 0 bridgehead atoms. The highest BCUT2D eigenvalue weighted by molar-refractivity contribution is 14.1. The Balaban J connectivity index is 2.74. The predicted octanol–water partition coefficient (Wildman–Crippen LogP) is 3.03. The summed E-state index contributed by atoms with van der Waals surface area (Å²) in [7, 11) is 0. The molecule has 0 heterocycles. The first kappa shape index (κ1) is 11.2. The number of halogens is 1. The Morgan fingerprint density at radius 1 is 1.43 bits per heavy atom. The molecule has 0 spiro atoms. The van der Waals surface area contributed by atoms with Crippen LogP contribution in [0, 0.1) is 0 Å². The van der Waals surface area contributed by atoms with Crippen LogP contribution in [0.2, 0.25) is 0 Å². The third-order valence-corrected chi connectivity index (χ3v) is 2.32. The molecule has 0 amide bonds. The smallest absolute Gasteiger partial charge is 0.344 e. The molecule has 0 aliphatic heterocycles. The zero-order valence-corrected chi connectivity index (χ0v) is 10.0. The van der Waals surface area contributed by atoms with Gasteiger partial charge in [0.2, 0.25) is 0 Å². The lowest BCUT2D eigenvalue weighted by atomic mass is 10.2. The normalized spacial score (nSPS) is 11.1. The Morgan fingerprint density at radius 2 is 2.07 bits per heavy atom. The average molecular weight is 302 g/mol. The average Bonchev–Trinajstić information content (AvgIpc) is 2.19. The molecular weight excluding hydrogens is 291 g/mol. The van der Waals surface area contributed by atoms with Crippen LogP contribution in [0.15, 0.2) is 33.9 Å². The van der Waals surface area contributed by atoms with Crippen LogP contribution >= 0.6 is 22.6 Å². The summed E-state index contributed by atoms with van der Waals surface area (Å²) < 4.78 is 5.45. The van der Waals surface area contributed by atoms with Crippen molar-refractivity contribution in [3.63, 3.8) is 0 Å². The third-order valence-electron chi connectivity index (χ3n) is 1.56. The molecule has 0 fully saturated rings. The minimum atomic E-state index is -0.267. The van der Waals surface area contributed by atoms with Crippen LogP contribution in [0.3, 0.4) is 0 Å². The topological polar surface area (TPSA) is 26.3 Å². The third kappa shape index (κ3) is 3.49. The van der Waals surface area contributed by atoms with Crippen LogP contribution in [0.5, 0.6) is 0 Å². The van der Waals surface area contributed by atoms with Crippen molar-refractivity contribution < 1.29 is 9.53 Å². The lowest BCUT2D eigenvalue weighted by Crippen LogP contribution is -2.02. The van der Waals surface area contributed by atoms with Crippen molar-refractivity contribution in [2.24, 2.45) is 0 Å². The van der Waals surface area contributed by atoms with Gasteiger partial charge in [0.1, 0.15) is 0 Å². The molecule has 0 saturated carbocycles. The van der Waals surface area contributed by atoms with Gasteiger partial charge in [-0.3, -0.25) is 0 Å². The number of ether oxygens (including phenoxy) is 1. The van der Waals surface area contributed by atoms with E-state index in [0.717, 1.165) is 5.56 Å². The lowest BCUT2D eigenvalue weighted by Gasteiger charge is -1.99. The second kappa shape index (κ2) is 5.80. The molecule has 0 radical (unpaired) electrons. The first-order valence-electron chi connectivity index (χ1n) is 4.33. The molecule has 1 aromatic carbocycles. The fourth-order valence-electron chi connectivity index (χ4n) is 0.955. The van der Waals surface area contributed by atoms with E-state index in [0.29, 0.717) is 10.2 Å². The van der Waals surface area contributed by atoms with Crippen molar-refractivity contribution in [2.75, 3.05) is 6.61 Å². The molecule has 74 valence electrons. The Hall–Kier alpha value is -0.840. The zero-order valence-electron chi connectivity index (χ0n) is 7.87. The quantitative estimate of drug-likeness (QED) is 0.487. The number of carbonyl (C=O) groups is 1. The van der Waals surface area contributed by atoms with Crippen molar-refractivity contribution >= 4 is 34.6 Å². The van der Waals surface area contributed by atoms with E-state index in [9.17, 15) is 4.79 Å². The number of hydrogen-bond donors (Lipinski definition) is 0. The van der Waals surface area contributed by atoms with Crippen molar-refractivity contribution in [3.8, 4) is 0 Å². The zero-order chi connectivity index (χ0) is 10.4. The van der Waals surface area contributed by atoms with E-state index in [4.69, 9.17) is 4.74 Å². The summed E-state index contributed by atoms with van der Waals surface area (Å²) in [6, 6.07) is 9.69. The summed E-state index contributed by atoms with van der Waals surface area (Å²) in [5, 5.41) is 0. The Morgan fingerprint density at radius 3 is 2.64 bits per heavy atom. The van der Waals surface area contributed by atoms with Crippen LogP contribution in [0.4, 0.5) is 0 Å². The van der Waals surface area contributed by atoms with E-state index in [1.54, 1.807) is 13.0 Å². The second-order valence-electron chi connectivity index (χ2n) is 2.62. The highest BCUT2D eigenvalue weighted by atomic mass is 127. The minimum absolute atomic E-state index is 0.267. The molecule has 0 unspecified atom stereocenters. The SMILES string of the molecule is CCOC(=O)/C(I)=C/c1ccccc1. The van der Waals surface area contributed by atoms with Crippen molar-refractivity contribution in [3.05, 3.63) is 39.5 Å². The second-order valence-corrected chi connectivity index (χ2v) is 3.79. The summed E-state index contributed by atoms with van der Waals surface area (Å²) in [6.45, 7) is 2.21. The first-order chi connectivity index (χ1) is 6.74. The maximum atomic E-state index is 11.2. The molecule has 1 aromatic rings.